The molecule has 0 aromatic carbocycles. The fourth-order valence-electron chi connectivity index (χ4n) is 2.42. The number of rotatable bonds is 2. The number of amides is 1. The Hall–Kier alpha value is -2.02. The molecular weight excluding hydrogens is 288 g/mol. The van der Waals surface area contributed by atoms with Crippen molar-refractivity contribution in [1.29, 1.82) is 0 Å². The van der Waals surface area contributed by atoms with Crippen LogP contribution in [0, 0.1) is 0 Å². The van der Waals surface area contributed by atoms with Crippen LogP contribution in [0.2, 0.25) is 0 Å². The normalized spacial score (nSPS) is 14.1. The number of aryl methyl sites for hydroxylation is 2. The molecule has 1 aliphatic heterocycles. The third-order valence-electron chi connectivity index (χ3n) is 3.64. The molecule has 1 aliphatic rings. The molecule has 0 N–H and O–H groups in total. The molecular formula is C14H16N4O2S. The summed E-state index contributed by atoms with van der Waals surface area (Å²) in [4.78, 5) is 35.4. The summed E-state index contributed by atoms with van der Waals surface area (Å²) in [5.41, 5.74) is 1.42. The van der Waals surface area contributed by atoms with Crippen molar-refractivity contribution in [1.82, 2.24) is 19.4 Å². The number of carbonyl (C=O) groups excluding carboxylic acids is 1. The second-order valence-electron chi connectivity index (χ2n) is 5.03. The molecule has 21 heavy (non-hydrogen) atoms. The monoisotopic (exact) mass is 304 g/mol. The van der Waals surface area contributed by atoms with E-state index in [4.69, 9.17) is 0 Å². The van der Waals surface area contributed by atoms with Gasteiger partial charge in [0.2, 0.25) is 0 Å². The van der Waals surface area contributed by atoms with Crippen molar-refractivity contribution in [3.63, 3.8) is 0 Å². The van der Waals surface area contributed by atoms with E-state index in [0.717, 1.165) is 17.0 Å². The number of nitrogens with zero attached hydrogens (tertiary/aromatic N) is 4. The van der Waals surface area contributed by atoms with Crippen molar-refractivity contribution >= 4 is 17.2 Å². The van der Waals surface area contributed by atoms with E-state index in [2.05, 4.69) is 9.97 Å². The second-order valence-corrected chi connectivity index (χ2v) is 6.15. The standard InChI is InChI=1S/C14H16N4O2S/c1-3-12-15-6-11(21-12)14(20)18-5-4-9-10(7-18)16-8-17(2)13(9)19/h6,8H,3-5,7H2,1-2H3. The molecule has 0 radical (unpaired) electrons. The van der Waals surface area contributed by atoms with Gasteiger partial charge in [-0.2, -0.15) is 0 Å². The van der Waals surface area contributed by atoms with E-state index in [9.17, 15) is 9.59 Å². The zero-order valence-electron chi connectivity index (χ0n) is 12.0. The Balaban J connectivity index is 1.84. The molecule has 2 aromatic heterocycles. The second kappa shape index (κ2) is 5.40. The zero-order chi connectivity index (χ0) is 15.0. The topological polar surface area (TPSA) is 68.1 Å². The van der Waals surface area contributed by atoms with Crippen molar-refractivity contribution in [3.05, 3.63) is 44.0 Å². The predicted octanol–water partition coefficient (Wildman–Crippen LogP) is 0.998. The first-order chi connectivity index (χ1) is 10.1. The summed E-state index contributed by atoms with van der Waals surface area (Å²) in [6.45, 7) is 2.96. The van der Waals surface area contributed by atoms with E-state index < -0.39 is 0 Å². The molecule has 0 saturated carbocycles. The number of thiazole rings is 1. The lowest BCUT2D eigenvalue weighted by molar-refractivity contribution is 0.0735. The van der Waals surface area contributed by atoms with Gasteiger partial charge >= 0.3 is 0 Å². The van der Waals surface area contributed by atoms with Crippen molar-refractivity contribution < 1.29 is 4.79 Å². The molecule has 3 rings (SSSR count). The molecule has 3 heterocycles. The Bertz CT molecular complexity index is 750. The summed E-state index contributed by atoms with van der Waals surface area (Å²) in [7, 11) is 1.69. The van der Waals surface area contributed by atoms with Crippen LogP contribution in [-0.2, 0) is 26.4 Å². The summed E-state index contributed by atoms with van der Waals surface area (Å²) in [6.07, 6.45) is 4.54. The van der Waals surface area contributed by atoms with Crippen LogP contribution < -0.4 is 5.56 Å². The number of aromatic nitrogens is 3. The number of fused-ring (bicyclic) bond motifs is 1. The SMILES string of the molecule is CCc1ncc(C(=O)N2CCc3c(ncn(C)c3=O)C2)s1. The summed E-state index contributed by atoms with van der Waals surface area (Å²) in [6, 6.07) is 0. The van der Waals surface area contributed by atoms with Crippen LogP contribution in [0.3, 0.4) is 0 Å². The Morgan fingerprint density at radius 1 is 1.43 bits per heavy atom. The fraction of sp³-hybridized carbons (Fsp3) is 0.429. The Labute approximate surface area is 126 Å². The molecule has 0 saturated heterocycles. The van der Waals surface area contributed by atoms with Crippen LogP contribution in [0.15, 0.2) is 17.3 Å². The van der Waals surface area contributed by atoms with Gasteiger partial charge in [0.05, 0.1) is 29.8 Å². The van der Waals surface area contributed by atoms with E-state index in [1.54, 1.807) is 18.1 Å². The lowest BCUT2D eigenvalue weighted by Gasteiger charge is -2.27. The predicted molar refractivity (Wildman–Crippen MR) is 79.4 cm³/mol. The fourth-order valence-corrected chi connectivity index (χ4v) is 3.24. The van der Waals surface area contributed by atoms with Gasteiger partial charge in [0.1, 0.15) is 4.88 Å². The van der Waals surface area contributed by atoms with E-state index in [1.165, 1.54) is 22.2 Å². The molecule has 0 bridgehead atoms. The maximum absolute atomic E-state index is 12.5. The Kier molecular flexibility index (Phi) is 3.59. The minimum Gasteiger partial charge on any atom is -0.332 e. The van der Waals surface area contributed by atoms with Crippen LogP contribution in [-0.4, -0.2) is 31.9 Å². The smallest absolute Gasteiger partial charge is 0.265 e. The molecule has 0 atom stereocenters. The van der Waals surface area contributed by atoms with Crippen LogP contribution in [0.25, 0.3) is 0 Å². The summed E-state index contributed by atoms with van der Waals surface area (Å²) < 4.78 is 1.48. The summed E-state index contributed by atoms with van der Waals surface area (Å²) >= 11 is 1.43. The molecule has 7 heteroatoms. The minimum atomic E-state index is -0.0275. The van der Waals surface area contributed by atoms with Crippen molar-refractivity contribution in [3.8, 4) is 0 Å². The first-order valence-electron chi connectivity index (χ1n) is 6.87. The van der Waals surface area contributed by atoms with Crippen LogP contribution in [0.4, 0.5) is 0 Å². The lowest BCUT2D eigenvalue weighted by Crippen LogP contribution is -2.39. The molecule has 0 spiro atoms. The highest BCUT2D eigenvalue weighted by molar-refractivity contribution is 7.13. The lowest BCUT2D eigenvalue weighted by atomic mass is 10.1. The highest BCUT2D eigenvalue weighted by Crippen LogP contribution is 2.20. The van der Waals surface area contributed by atoms with Gasteiger partial charge < -0.3 is 9.47 Å². The van der Waals surface area contributed by atoms with Gasteiger partial charge in [-0.3, -0.25) is 9.59 Å². The van der Waals surface area contributed by atoms with Crippen molar-refractivity contribution in [2.24, 2.45) is 7.05 Å². The van der Waals surface area contributed by atoms with Crippen molar-refractivity contribution in [2.45, 2.75) is 26.3 Å². The summed E-state index contributed by atoms with van der Waals surface area (Å²) in [5, 5.41) is 0.961. The molecule has 2 aromatic rings. The third kappa shape index (κ3) is 2.49. The molecule has 0 unspecified atom stereocenters. The molecule has 0 aliphatic carbocycles. The number of carbonyl (C=O) groups is 1. The first-order valence-corrected chi connectivity index (χ1v) is 7.69. The van der Waals surface area contributed by atoms with Gasteiger partial charge in [0.25, 0.3) is 11.5 Å². The largest absolute Gasteiger partial charge is 0.332 e. The molecule has 6 nitrogen and oxygen atoms in total. The number of hydrogen-bond acceptors (Lipinski definition) is 5. The summed E-state index contributed by atoms with van der Waals surface area (Å²) in [5.74, 6) is -0.0275. The zero-order valence-corrected chi connectivity index (χ0v) is 12.8. The average Bonchev–Trinajstić information content (AvgIpc) is 2.99. The van der Waals surface area contributed by atoms with E-state index in [1.807, 2.05) is 6.92 Å². The van der Waals surface area contributed by atoms with Gasteiger partial charge in [0, 0.05) is 19.2 Å². The van der Waals surface area contributed by atoms with Gasteiger partial charge in [-0.05, 0) is 12.8 Å². The highest BCUT2D eigenvalue weighted by Gasteiger charge is 2.25. The quantitative estimate of drug-likeness (QED) is 0.830. The molecule has 0 fully saturated rings. The Morgan fingerprint density at radius 2 is 2.24 bits per heavy atom. The Morgan fingerprint density at radius 3 is 2.95 bits per heavy atom. The van der Waals surface area contributed by atoms with Gasteiger partial charge in [-0.25, -0.2) is 9.97 Å². The third-order valence-corrected chi connectivity index (χ3v) is 4.77. The minimum absolute atomic E-state index is 0.0156. The maximum atomic E-state index is 12.5. The van der Waals surface area contributed by atoms with E-state index in [0.29, 0.717) is 30.1 Å². The van der Waals surface area contributed by atoms with Crippen LogP contribution >= 0.6 is 11.3 Å². The first kappa shape index (κ1) is 13.9. The maximum Gasteiger partial charge on any atom is 0.265 e. The van der Waals surface area contributed by atoms with Crippen LogP contribution in [0.5, 0.6) is 0 Å². The average molecular weight is 304 g/mol. The van der Waals surface area contributed by atoms with Gasteiger partial charge in [-0.1, -0.05) is 6.92 Å². The van der Waals surface area contributed by atoms with Gasteiger partial charge in [0.15, 0.2) is 0 Å². The van der Waals surface area contributed by atoms with E-state index >= 15 is 0 Å². The highest BCUT2D eigenvalue weighted by atomic mass is 32.1. The van der Waals surface area contributed by atoms with E-state index in [-0.39, 0.29) is 11.5 Å². The van der Waals surface area contributed by atoms with Crippen molar-refractivity contribution in [2.75, 3.05) is 6.54 Å². The van der Waals surface area contributed by atoms with Gasteiger partial charge in [-0.15, -0.1) is 11.3 Å². The molecule has 1 amide bonds. The number of hydrogen-bond donors (Lipinski definition) is 0. The van der Waals surface area contributed by atoms with Crippen LogP contribution in [0.1, 0.15) is 32.9 Å². The molecule has 110 valence electrons.